The maximum Gasteiger partial charge on any atom is 0.244 e. The topological polar surface area (TPSA) is 57.7 Å². The fourth-order valence-electron chi connectivity index (χ4n) is 4.16. The molecule has 1 amide bonds. The first-order valence-corrected chi connectivity index (χ1v) is 12.6. The molecule has 0 aliphatic carbocycles. The minimum atomic E-state index is -3.92. The van der Waals surface area contributed by atoms with E-state index in [-0.39, 0.29) is 23.9 Å². The van der Waals surface area contributed by atoms with Gasteiger partial charge in [0.1, 0.15) is 0 Å². The molecule has 0 saturated carbocycles. The summed E-state index contributed by atoms with van der Waals surface area (Å²) in [6, 6.07) is 8.72. The van der Waals surface area contributed by atoms with Gasteiger partial charge in [0.25, 0.3) is 0 Å². The fourth-order valence-corrected chi connectivity index (χ4v) is 6.27. The molecule has 168 valence electrons. The molecule has 3 rings (SSSR count). The monoisotopic (exact) mass is 482 g/mol. The highest BCUT2D eigenvalue weighted by atomic mass is 35.5. The van der Waals surface area contributed by atoms with E-state index in [0.717, 1.165) is 24.8 Å². The van der Waals surface area contributed by atoms with Crippen molar-refractivity contribution in [2.45, 2.75) is 51.5 Å². The number of benzene rings is 2. The third kappa shape index (κ3) is 5.61. The number of hydrogen-bond acceptors (Lipinski definition) is 3. The molecule has 1 fully saturated rings. The molecule has 31 heavy (non-hydrogen) atoms. The van der Waals surface area contributed by atoms with E-state index in [1.54, 1.807) is 36.9 Å². The quantitative estimate of drug-likeness (QED) is 0.573. The van der Waals surface area contributed by atoms with E-state index in [0.29, 0.717) is 39.8 Å². The van der Waals surface area contributed by atoms with E-state index < -0.39 is 10.0 Å². The first-order valence-electron chi connectivity index (χ1n) is 10.4. The summed E-state index contributed by atoms with van der Waals surface area (Å²) in [4.78, 5) is 15.0. The van der Waals surface area contributed by atoms with Crippen molar-refractivity contribution in [1.29, 1.82) is 0 Å². The highest BCUT2D eigenvalue weighted by Gasteiger charge is 2.31. The second-order valence-corrected chi connectivity index (χ2v) is 10.9. The Labute approximate surface area is 195 Å². The van der Waals surface area contributed by atoms with Gasteiger partial charge in [-0.1, -0.05) is 47.0 Å². The molecule has 0 spiro atoms. The first-order chi connectivity index (χ1) is 14.6. The Kier molecular flexibility index (Phi) is 7.68. The Bertz CT molecular complexity index is 1060. The molecule has 1 saturated heterocycles. The van der Waals surface area contributed by atoms with Crippen LogP contribution < -0.4 is 0 Å². The molecule has 1 heterocycles. The Morgan fingerprint density at radius 2 is 1.58 bits per heavy atom. The van der Waals surface area contributed by atoms with Crippen LogP contribution in [-0.2, 0) is 21.4 Å². The zero-order valence-electron chi connectivity index (χ0n) is 18.1. The maximum absolute atomic E-state index is 13.8. The Hall–Kier alpha value is -1.60. The number of sulfonamides is 1. The van der Waals surface area contributed by atoms with Crippen molar-refractivity contribution < 1.29 is 13.2 Å². The van der Waals surface area contributed by atoms with Crippen molar-refractivity contribution in [3.63, 3.8) is 0 Å². The predicted molar refractivity (Wildman–Crippen MR) is 125 cm³/mol. The lowest BCUT2D eigenvalue weighted by atomic mass is 10.1. The molecular formula is C23H28Cl2N2O3S. The summed E-state index contributed by atoms with van der Waals surface area (Å²) in [5.74, 6) is -0.175. The van der Waals surface area contributed by atoms with Crippen molar-refractivity contribution in [2.75, 3.05) is 19.6 Å². The maximum atomic E-state index is 13.8. The van der Waals surface area contributed by atoms with E-state index in [9.17, 15) is 13.2 Å². The SMILES string of the molecule is Cc1cc(C)c(S(=O)(=O)N(CC(=O)N2CCCCC2)Cc2ccc(Cl)c(Cl)c2)c(C)c1. The zero-order chi connectivity index (χ0) is 22.8. The smallest absolute Gasteiger partial charge is 0.244 e. The number of hydrogen-bond donors (Lipinski definition) is 0. The fraction of sp³-hybridized carbons (Fsp3) is 0.435. The van der Waals surface area contributed by atoms with E-state index in [1.165, 1.54) is 4.31 Å². The van der Waals surface area contributed by atoms with Gasteiger partial charge in [-0.05, 0) is 68.9 Å². The minimum absolute atomic E-state index is 0.0333. The number of halogens is 2. The Morgan fingerprint density at radius 1 is 0.968 bits per heavy atom. The molecule has 2 aromatic carbocycles. The van der Waals surface area contributed by atoms with Crippen LogP contribution in [0, 0.1) is 20.8 Å². The highest BCUT2D eigenvalue weighted by molar-refractivity contribution is 7.89. The summed E-state index contributed by atoms with van der Waals surface area (Å²) in [6.45, 7) is 6.67. The Morgan fingerprint density at radius 3 is 2.16 bits per heavy atom. The van der Waals surface area contributed by atoms with Gasteiger partial charge in [0.05, 0.1) is 21.5 Å². The number of aryl methyl sites for hydroxylation is 3. The van der Waals surface area contributed by atoms with Gasteiger partial charge >= 0.3 is 0 Å². The van der Waals surface area contributed by atoms with Crippen LogP contribution in [0.25, 0.3) is 0 Å². The molecule has 2 aromatic rings. The minimum Gasteiger partial charge on any atom is -0.342 e. The molecule has 0 bridgehead atoms. The predicted octanol–water partition coefficient (Wildman–Crippen LogP) is 5.12. The summed E-state index contributed by atoms with van der Waals surface area (Å²) in [5.41, 5.74) is 3.00. The van der Waals surface area contributed by atoms with Crippen molar-refractivity contribution in [2.24, 2.45) is 0 Å². The number of likely N-dealkylation sites (tertiary alicyclic amines) is 1. The van der Waals surface area contributed by atoms with Crippen molar-refractivity contribution in [1.82, 2.24) is 9.21 Å². The summed E-state index contributed by atoms with van der Waals surface area (Å²) in [7, 11) is -3.92. The van der Waals surface area contributed by atoms with Gasteiger partial charge in [-0.2, -0.15) is 4.31 Å². The van der Waals surface area contributed by atoms with Crippen LogP contribution in [0.3, 0.4) is 0 Å². The average Bonchev–Trinajstić information content (AvgIpc) is 2.69. The average molecular weight is 483 g/mol. The van der Waals surface area contributed by atoms with Crippen LogP contribution in [0.4, 0.5) is 0 Å². The second-order valence-electron chi connectivity index (χ2n) is 8.19. The van der Waals surface area contributed by atoms with Crippen LogP contribution in [0.1, 0.15) is 41.5 Å². The van der Waals surface area contributed by atoms with Crippen LogP contribution in [0.2, 0.25) is 10.0 Å². The van der Waals surface area contributed by atoms with Gasteiger partial charge in [-0.3, -0.25) is 4.79 Å². The first kappa shape index (κ1) is 24.1. The van der Waals surface area contributed by atoms with Gasteiger partial charge in [0.2, 0.25) is 15.9 Å². The van der Waals surface area contributed by atoms with Crippen molar-refractivity contribution in [3.8, 4) is 0 Å². The van der Waals surface area contributed by atoms with Crippen LogP contribution in [0.15, 0.2) is 35.2 Å². The van der Waals surface area contributed by atoms with Crippen molar-refractivity contribution in [3.05, 3.63) is 62.6 Å². The van der Waals surface area contributed by atoms with Gasteiger partial charge in [-0.15, -0.1) is 0 Å². The highest BCUT2D eigenvalue weighted by Crippen LogP contribution is 2.28. The van der Waals surface area contributed by atoms with Crippen molar-refractivity contribution >= 4 is 39.1 Å². The normalized spacial score (nSPS) is 14.8. The number of carbonyl (C=O) groups is 1. The van der Waals surface area contributed by atoms with Crippen LogP contribution in [0.5, 0.6) is 0 Å². The summed E-state index contributed by atoms with van der Waals surface area (Å²) >= 11 is 12.2. The largest absolute Gasteiger partial charge is 0.342 e. The molecule has 0 aromatic heterocycles. The second kappa shape index (κ2) is 9.90. The van der Waals surface area contributed by atoms with E-state index in [1.807, 2.05) is 19.1 Å². The lowest BCUT2D eigenvalue weighted by Gasteiger charge is -2.30. The Balaban J connectivity index is 1.99. The summed E-state index contributed by atoms with van der Waals surface area (Å²) in [5, 5.41) is 0.746. The molecule has 1 aliphatic heterocycles. The molecule has 0 unspecified atom stereocenters. The van der Waals surface area contributed by atoms with E-state index >= 15 is 0 Å². The number of piperidine rings is 1. The molecule has 0 N–H and O–H groups in total. The zero-order valence-corrected chi connectivity index (χ0v) is 20.4. The lowest BCUT2D eigenvalue weighted by molar-refractivity contribution is -0.132. The van der Waals surface area contributed by atoms with E-state index in [2.05, 4.69) is 0 Å². The van der Waals surface area contributed by atoms with E-state index in [4.69, 9.17) is 23.2 Å². The number of carbonyl (C=O) groups excluding carboxylic acids is 1. The molecule has 0 atom stereocenters. The summed E-state index contributed by atoms with van der Waals surface area (Å²) in [6.07, 6.45) is 2.99. The molecular weight excluding hydrogens is 455 g/mol. The molecule has 1 aliphatic rings. The van der Waals surface area contributed by atoms with Gasteiger partial charge < -0.3 is 4.90 Å². The molecule has 5 nitrogen and oxygen atoms in total. The molecule has 0 radical (unpaired) electrons. The number of nitrogens with zero attached hydrogens (tertiary/aromatic N) is 2. The summed E-state index contributed by atoms with van der Waals surface area (Å²) < 4.78 is 28.8. The number of amides is 1. The molecule has 8 heteroatoms. The lowest BCUT2D eigenvalue weighted by Crippen LogP contribution is -2.44. The van der Waals surface area contributed by atoms with Gasteiger partial charge in [0.15, 0.2) is 0 Å². The van der Waals surface area contributed by atoms with Crippen LogP contribution in [-0.4, -0.2) is 43.2 Å². The van der Waals surface area contributed by atoms with Gasteiger partial charge in [0, 0.05) is 19.6 Å². The number of rotatable bonds is 6. The third-order valence-electron chi connectivity index (χ3n) is 5.57. The standard InChI is InChI=1S/C23H28Cl2N2O3S/c1-16-11-17(2)23(18(3)12-16)31(29,30)27(14-19-7-8-20(24)21(25)13-19)15-22(28)26-9-5-4-6-10-26/h7-8,11-13H,4-6,9-10,14-15H2,1-3H3. The van der Waals surface area contributed by atoms with Gasteiger partial charge in [-0.25, -0.2) is 8.42 Å². The third-order valence-corrected chi connectivity index (χ3v) is 8.40. The van der Waals surface area contributed by atoms with Crippen LogP contribution >= 0.6 is 23.2 Å².